The van der Waals surface area contributed by atoms with Crippen molar-refractivity contribution in [2.24, 2.45) is 5.41 Å². The highest BCUT2D eigenvalue weighted by atomic mass is 32.1. The van der Waals surface area contributed by atoms with Crippen molar-refractivity contribution < 1.29 is 14.5 Å². The molecule has 1 aromatic carbocycles. The summed E-state index contributed by atoms with van der Waals surface area (Å²) in [4.78, 5) is 39.5. The Labute approximate surface area is 153 Å². The lowest BCUT2D eigenvalue weighted by molar-refractivity contribution is -0.384. The number of hydrogen-bond donors (Lipinski definition) is 1. The molecular formula is C18H17N3O4S. The number of Topliss-reactive ketones (excluding diaryl/α,β-unsaturated/α-hetero) is 1. The highest BCUT2D eigenvalue weighted by molar-refractivity contribution is 7.17. The van der Waals surface area contributed by atoms with Crippen LogP contribution in [0.5, 0.6) is 0 Å². The first-order valence-corrected chi connectivity index (χ1v) is 8.82. The number of carbonyl (C=O) groups is 2. The van der Waals surface area contributed by atoms with E-state index in [1.54, 1.807) is 12.1 Å². The molecule has 1 heterocycles. The summed E-state index contributed by atoms with van der Waals surface area (Å²) < 4.78 is 0. The summed E-state index contributed by atoms with van der Waals surface area (Å²) in [6, 6.07) is 5.99. The van der Waals surface area contributed by atoms with E-state index in [1.807, 2.05) is 13.8 Å². The minimum absolute atomic E-state index is 0.0405. The van der Waals surface area contributed by atoms with E-state index >= 15 is 0 Å². The third-order valence-corrected chi connectivity index (χ3v) is 5.03. The molecule has 134 valence electrons. The number of ketones is 1. The van der Waals surface area contributed by atoms with Gasteiger partial charge in [-0.2, -0.15) is 0 Å². The monoisotopic (exact) mass is 371 g/mol. The van der Waals surface area contributed by atoms with Crippen molar-refractivity contribution in [2.75, 3.05) is 5.32 Å². The average Bonchev–Trinajstić information content (AvgIpc) is 2.94. The van der Waals surface area contributed by atoms with Crippen molar-refractivity contribution in [1.29, 1.82) is 0 Å². The van der Waals surface area contributed by atoms with Gasteiger partial charge in [-0.3, -0.25) is 25.0 Å². The average molecular weight is 371 g/mol. The number of amides is 1. The summed E-state index contributed by atoms with van der Waals surface area (Å²) in [5.74, 6) is -0.351. The Morgan fingerprint density at radius 2 is 2.15 bits per heavy atom. The largest absolute Gasteiger partial charge is 0.298 e. The number of non-ortho nitro benzene ring substituents is 1. The van der Waals surface area contributed by atoms with Crippen molar-refractivity contribution in [3.05, 3.63) is 56.6 Å². The Balaban J connectivity index is 1.70. The van der Waals surface area contributed by atoms with E-state index in [-0.39, 0.29) is 16.9 Å². The molecule has 0 bridgehead atoms. The van der Waals surface area contributed by atoms with Gasteiger partial charge in [0.25, 0.3) is 5.69 Å². The van der Waals surface area contributed by atoms with E-state index in [1.165, 1.54) is 35.6 Å². The molecule has 1 aliphatic carbocycles. The molecule has 0 radical (unpaired) electrons. The molecule has 2 aromatic rings. The molecule has 3 rings (SSSR count). The summed E-state index contributed by atoms with van der Waals surface area (Å²) >= 11 is 1.18. The quantitative estimate of drug-likeness (QED) is 0.499. The van der Waals surface area contributed by atoms with Crippen LogP contribution in [-0.4, -0.2) is 21.6 Å². The van der Waals surface area contributed by atoms with Crippen LogP contribution in [0.4, 0.5) is 10.8 Å². The van der Waals surface area contributed by atoms with Crippen LogP contribution >= 0.6 is 11.3 Å². The molecule has 0 atom stereocenters. The van der Waals surface area contributed by atoms with Gasteiger partial charge in [-0.25, -0.2) is 4.98 Å². The number of nitro groups is 1. The molecule has 1 aliphatic rings. The fourth-order valence-corrected chi connectivity index (χ4v) is 3.76. The van der Waals surface area contributed by atoms with Crippen LogP contribution in [0, 0.1) is 15.5 Å². The maximum atomic E-state index is 12.2. The maximum Gasteiger partial charge on any atom is 0.270 e. The summed E-state index contributed by atoms with van der Waals surface area (Å²) in [5.41, 5.74) is 1.11. The minimum atomic E-state index is -0.490. The number of benzene rings is 1. The topological polar surface area (TPSA) is 102 Å². The van der Waals surface area contributed by atoms with Gasteiger partial charge in [0.05, 0.1) is 15.5 Å². The second-order valence-electron chi connectivity index (χ2n) is 6.91. The molecule has 0 saturated carbocycles. The molecule has 0 spiro atoms. The lowest BCUT2D eigenvalue weighted by Gasteiger charge is -2.26. The number of fused-ring (bicyclic) bond motifs is 1. The summed E-state index contributed by atoms with van der Waals surface area (Å²) in [6.45, 7) is 4.04. The van der Waals surface area contributed by atoms with E-state index in [2.05, 4.69) is 10.3 Å². The van der Waals surface area contributed by atoms with Gasteiger partial charge in [-0.05, 0) is 23.5 Å². The molecule has 7 nitrogen and oxygen atoms in total. The second-order valence-corrected chi connectivity index (χ2v) is 7.91. The van der Waals surface area contributed by atoms with Gasteiger partial charge in [-0.15, -0.1) is 0 Å². The summed E-state index contributed by atoms with van der Waals surface area (Å²) in [7, 11) is 0. The molecule has 26 heavy (non-hydrogen) atoms. The normalized spacial score (nSPS) is 15.7. The number of nitrogens with one attached hydrogen (secondary N) is 1. The third kappa shape index (κ3) is 4.02. The molecular weight excluding hydrogens is 354 g/mol. The van der Waals surface area contributed by atoms with Crippen LogP contribution < -0.4 is 5.32 Å². The van der Waals surface area contributed by atoms with E-state index in [0.29, 0.717) is 28.4 Å². The van der Waals surface area contributed by atoms with Gasteiger partial charge in [0.2, 0.25) is 5.91 Å². The number of rotatable bonds is 4. The number of nitro benzene ring substituents is 1. The summed E-state index contributed by atoms with van der Waals surface area (Å²) in [5, 5.41) is 13.8. The Morgan fingerprint density at radius 1 is 1.38 bits per heavy atom. The zero-order chi connectivity index (χ0) is 18.9. The van der Waals surface area contributed by atoms with Crippen LogP contribution in [-0.2, 0) is 11.2 Å². The van der Waals surface area contributed by atoms with Crippen molar-refractivity contribution in [2.45, 2.75) is 26.7 Å². The van der Waals surface area contributed by atoms with Crippen molar-refractivity contribution in [3.63, 3.8) is 0 Å². The second kappa shape index (κ2) is 6.80. The zero-order valence-electron chi connectivity index (χ0n) is 14.3. The Hall–Kier alpha value is -2.87. The molecule has 1 amide bonds. The molecule has 1 aromatic heterocycles. The van der Waals surface area contributed by atoms with Gasteiger partial charge in [0, 0.05) is 24.6 Å². The SMILES string of the molecule is CC1(C)CC(=O)c2sc(NC(=O)/C=C/c3cccc([N+](=O)[O-])c3)nc2C1. The third-order valence-electron chi connectivity index (χ3n) is 3.97. The van der Waals surface area contributed by atoms with Crippen LogP contribution in [0.2, 0.25) is 0 Å². The smallest absolute Gasteiger partial charge is 0.270 e. The van der Waals surface area contributed by atoms with Gasteiger partial charge >= 0.3 is 0 Å². The van der Waals surface area contributed by atoms with Crippen molar-refractivity contribution in [3.8, 4) is 0 Å². The molecule has 0 unspecified atom stereocenters. The standard InChI is InChI=1S/C18H17N3O4S/c1-18(2)9-13-16(14(22)10-18)26-17(19-13)20-15(23)7-6-11-4-3-5-12(8-11)21(24)25/h3-8H,9-10H2,1-2H3,(H,19,20,23)/b7-6+. The number of carbonyl (C=O) groups excluding carboxylic acids is 2. The highest BCUT2D eigenvalue weighted by Gasteiger charge is 2.33. The number of thiazole rings is 1. The summed E-state index contributed by atoms with van der Waals surface area (Å²) in [6.07, 6.45) is 3.95. The number of anilines is 1. The molecule has 0 aliphatic heterocycles. The zero-order valence-corrected chi connectivity index (χ0v) is 15.1. The minimum Gasteiger partial charge on any atom is -0.298 e. The van der Waals surface area contributed by atoms with Crippen LogP contribution in [0.1, 0.15) is 41.2 Å². The van der Waals surface area contributed by atoms with E-state index in [0.717, 1.165) is 5.69 Å². The number of aromatic nitrogens is 1. The first kappa shape index (κ1) is 17.9. The number of hydrogen-bond acceptors (Lipinski definition) is 6. The maximum absolute atomic E-state index is 12.2. The van der Waals surface area contributed by atoms with Gasteiger partial charge in [0.1, 0.15) is 0 Å². The Kier molecular flexibility index (Phi) is 4.69. The first-order chi connectivity index (χ1) is 12.2. The fourth-order valence-electron chi connectivity index (χ4n) is 2.83. The van der Waals surface area contributed by atoms with Gasteiger partial charge in [0.15, 0.2) is 10.9 Å². The molecule has 8 heteroatoms. The molecule has 0 fully saturated rings. The predicted molar refractivity (Wildman–Crippen MR) is 99.3 cm³/mol. The Bertz CT molecular complexity index is 930. The van der Waals surface area contributed by atoms with Gasteiger partial charge in [-0.1, -0.05) is 37.3 Å². The first-order valence-electron chi connectivity index (χ1n) is 8.00. The Morgan fingerprint density at radius 3 is 2.88 bits per heavy atom. The van der Waals surface area contributed by atoms with Crippen molar-refractivity contribution in [1.82, 2.24) is 4.98 Å². The van der Waals surface area contributed by atoms with Crippen LogP contribution in [0.15, 0.2) is 30.3 Å². The van der Waals surface area contributed by atoms with Crippen molar-refractivity contribution >= 4 is 39.9 Å². The van der Waals surface area contributed by atoms with E-state index in [9.17, 15) is 19.7 Å². The molecule has 0 saturated heterocycles. The lowest BCUT2D eigenvalue weighted by atomic mass is 9.78. The number of nitrogens with zero attached hydrogens (tertiary/aromatic N) is 2. The van der Waals surface area contributed by atoms with E-state index in [4.69, 9.17) is 0 Å². The molecule has 1 N–H and O–H groups in total. The predicted octanol–water partition coefficient (Wildman–Crippen LogP) is 3.86. The van der Waals surface area contributed by atoms with Crippen LogP contribution in [0.3, 0.4) is 0 Å². The van der Waals surface area contributed by atoms with Crippen LogP contribution in [0.25, 0.3) is 6.08 Å². The highest BCUT2D eigenvalue weighted by Crippen LogP contribution is 2.38. The van der Waals surface area contributed by atoms with Gasteiger partial charge < -0.3 is 0 Å². The van der Waals surface area contributed by atoms with E-state index < -0.39 is 10.8 Å². The lowest BCUT2D eigenvalue weighted by Crippen LogP contribution is -2.26. The fraction of sp³-hybridized carbons (Fsp3) is 0.278.